The van der Waals surface area contributed by atoms with Crippen LogP contribution in [0.2, 0.25) is 0 Å². The number of aryl methyl sites for hydroxylation is 1. The number of carbonyl (C=O) groups is 1. The Labute approximate surface area is 255 Å². The number of anilines is 1. The molecule has 3 fully saturated rings. The first-order valence-corrected chi connectivity index (χ1v) is 15.7. The minimum absolute atomic E-state index is 0.0613. The van der Waals surface area contributed by atoms with E-state index in [1.54, 1.807) is 4.90 Å². The molecule has 3 aliphatic heterocycles. The molecule has 1 amide bonds. The fourth-order valence-electron chi connectivity index (χ4n) is 6.16. The number of halogens is 3. The molecule has 0 unspecified atom stereocenters. The molecule has 3 saturated heterocycles. The lowest BCUT2D eigenvalue weighted by Gasteiger charge is -2.53. The number of amides is 1. The number of likely N-dealkylation sites (tertiary alicyclic amines) is 2. The number of ether oxygens (including phenoxy) is 3. The molecular weight excluding hydrogens is 612 g/mol. The number of hydrogen-bond acceptors (Lipinski definition) is 8. The van der Waals surface area contributed by atoms with E-state index in [9.17, 15) is 13.6 Å². The Morgan fingerprint density at radius 1 is 1.17 bits per heavy atom. The fraction of sp³-hybridized carbons (Fsp3) is 0.700. The van der Waals surface area contributed by atoms with Gasteiger partial charge in [-0.2, -0.15) is 9.97 Å². The maximum Gasteiger partial charge on any atom is 0.410 e. The number of fused-ring (bicyclic) bond motifs is 1. The third-order valence-corrected chi connectivity index (χ3v) is 9.43. The van der Waals surface area contributed by atoms with E-state index in [2.05, 4.69) is 32.8 Å². The number of likely N-dealkylation sites (N-methyl/N-ethyl adjacent to an activating group) is 1. The average molecular weight is 655 g/mol. The summed E-state index contributed by atoms with van der Waals surface area (Å²) in [5, 5.41) is 0.754. The SMILES string of the molecule is CCc1cc2c(N3CCC4(CC3)CN(C(=O)OC(C)(C)C)C4)nc(OC[C@@H]3CCCN3C)nc2c(OCC(F)F)c1Br. The predicted molar refractivity (Wildman–Crippen MR) is 161 cm³/mol. The molecule has 1 aromatic carbocycles. The second-order valence-corrected chi connectivity index (χ2v) is 13.7. The van der Waals surface area contributed by atoms with E-state index in [4.69, 9.17) is 24.2 Å². The van der Waals surface area contributed by atoms with Crippen molar-refractivity contribution in [2.45, 2.75) is 77.9 Å². The van der Waals surface area contributed by atoms with Gasteiger partial charge in [-0.25, -0.2) is 13.6 Å². The lowest BCUT2D eigenvalue weighted by atomic mass is 9.72. The smallest absolute Gasteiger partial charge is 0.410 e. The minimum atomic E-state index is -2.62. The van der Waals surface area contributed by atoms with Crippen molar-refractivity contribution in [2.24, 2.45) is 5.41 Å². The molecule has 0 radical (unpaired) electrons. The molecule has 1 spiro atoms. The van der Waals surface area contributed by atoms with Crippen molar-refractivity contribution < 1.29 is 27.8 Å². The van der Waals surface area contributed by atoms with Crippen molar-refractivity contribution in [1.29, 1.82) is 0 Å². The van der Waals surface area contributed by atoms with Crippen molar-refractivity contribution in [3.8, 4) is 11.8 Å². The van der Waals surface area contributed by atoms with E-state index in [0.29, 0.717) is 36.1 Å². The molecular formula is C30H42BrF2N5O4. The van der Waals surface area contributed by atoms with Crippen LogP contribution in [-0.4, -0.2) is 96.9 Å². The standard InChI is InChI=1S/C30H42BrF2N5O4/c1-6-19-14-21-24(25(23(19)31)40-16-22(32)33)34-27(41-15-20-8-7-11-36(20)5)35-26(21)37-12-9-30(10-13-37)17-38(18-30)28(39)42-29(2,3)4/h14,20,22H,6-13,15-18H2,1-5H3/t20-/m0/s1. The van der Waals surface area contributed by atoms with Gasteiger partial charge in [-0.15, -0.1) is 0 Å². The van der Waals surface area contributed by atoms with Gasteiger partial charge in [0.1, 0.15) is 30.1 Å². The molecule has 2 aromatic rings. The first-order chi connectivity index (χ1) is 19.9. The van der Waals surface area contributed by atoms with Crippen LogP contribution in [0.25, 0.3) is 10.9 Å². The molecule has 12 heteroatoms. The highest BCUT2D eigenvalue weighted by Gasteiger charge is 2.48. The number of carbonyl (C=O) groups excluding carboxylic acids is 1. The van der Waals surface area contributed by atoms with Crippen molar-refractivity contribution in [3.63, 3.8) is 0 Å². The van der Waals surface area contributed by atoms with E-state index in [1.807, 2.05) is 33.8 Å². The van der Waals surface area contributed by atoms with Gasteiger partial charge < -0.3 is 28.9 Å². The Balaban J connectivity index is 1.42. The molecule has 1 atom stereocenters. The van der Waals surface area contributed by atoms with E-state index in [-0.39, 0.29) is 29.3 Å². The summed E-state index contributed by atoms with van der Waals surface area (Å²) in [5.74, 6) is 1.01. The highest BCUT2D eigenvalue weighted by atomic mass is 79.9. The van der Waals surface area contributed by atoms with Crippen LogP contribution >= 0.6 is 15.9 Å². The number of alkyl halides is 2. The zero-order valence-corrected chi connectivity index (χ0v) is 26.8. The maximum absolute atomic E-state index is 13.2. The van der Waals surface area contributed by atoms with Crippen LogP contribution in [-0.2, 0) is 11.2 Å². The summed E-state index contributed by atoms with van der Waals surface area (Å²) in [7, 11) is 2.08. The molecule has 1 aromatic heterocycles. The van der Waals surface area contributed by atoms with Gasteiger partial charge in [-0.1, -0.05) is 6.92 Å². The third kappa shape index (κ3) is 6.69. The molecule has 0 N–H and O–H groups in total. The van der Waals surface area contributed by atoms with Crippen LogP contribution in [0.1, 0.15) is 58.9 Å². The predicted octanol–water partition coefficient (Wildman–Crippen LogP) is 5.91. The number of benzene rings is 1. The second kappa shape index (κ2) is 12.3. The van der Waals surface area contributed by atoms with Gasteiger partial charge in [-0.05, 0) is 94.0 Å². The fourth-order valence-corrected chi connectivity index (χ4v) is 6.86. The zero-order valence-electron chi connectivity index (χ0n) is 25.2. The highest BCUT2D eigenvalue weighted by molar-refractivity contribution is 9.10. The van der Waals surface area contributed by atoms with Crippen LogP contribution < -0.4 is 14.4 Å². The van der Waals surface area contributed by atoms with Gasteiger partial charge in [0.05, 0.1) is 4.47 Å². The Kier molecular flexibility index (Phi) is 9.04. The number of piperidine rings is 1. The topological polar surface area (TPSA) is 80.3 Å². The Morgan fingerprint density at radius 2 is 1.88 bits per heavy atom. The third-order valence-electron chi connectivity index (χ3n) is 8.56. The summed E-state index contributed by atoms with van der Waals surface area (Å²) in [6.07, 6.45) is 1.75. The summed E-state index contributed by atoms with van der Waals surface area (Å²) in [4.78, 5) is 28.4. The lowest BCUT2D eigenvalue weighted by molar-refractivity contribution is -0.0434. The molecule has 232 valence electrons. The van der Waals surface area contributed by atoms with Gasteiger partial charge in [0.15, 0.2) is 5.75 Å². The number of nitrogens with zero attached hydrogens (tertiary/aromatic N) is 5. The van der Waals surface area contributed by atoms with E-state index in [0.717, 1.165) is 62.1 Å². The first kappa shape index (κ1) is 31.0. The van der Waals surface area contributed by atoms with Gasteiger partial charge in [0.25, 0.3) is 6.43 Å². The minimum Gasteiger partial charge on any atom is -0.484 e. The average Bonchev–Trinajstić information content (AvgIpc) is 3.32. The van der Waals surface area contributed by atoms with Crippen LogP contribution in [0.5, 0.6) is 11.8 Å². The summed E-state index contributed by atoms with van der Waals surface area (Å²) in [6.45, 7) is 11.2. The van der Waals surface area contributed by atoms with Crippen LogP contribution in [0.15, 0.2) is 10.5 Å². The maximum atomic E-state index is 13.2. The number of hydrogen-bond donors (Lipinski definition) is 0. The molecule has 0 saturated carbocycles. The molecule has 5 rings (SSSR count). The van der Waals surface area contributed by atoms with E-state index >= 15 is 0 Å². The second-order valence-electron chi connectivity index (χ2n) is 12.9. The highest BCUT2D eigenvalue weighted by Crippen LogP contribution is 2.45. The summed E-state index contributed by atoms with van der Waals surface area (Å²) < 4.78 is 44.5. The van der Waals surface area contributed by atoms with Crippen molar-refractivity contribution >= 4 is 38.7 Å². The number of aromatic nitrogens is 2. The normalized spacial score (nSPS) is 20.8. The number of rotatable bonds is 8. The molecule has 42 heavy (non-hydrogen) atoms. The van der Waals surface area contributed by atoms with Gasteiger partial charge in [0, 0.05) is 43.0 Å². The van der Waals surface area contributed by atoms with Gasteiger partial charge in [0.2, 0.25) is 0 Å². The van der Waals surface area contributed by atoms with Crippen molar-refractivity contribution in [3.05, 3.63) is 16.1 Å². The Bertz CT molecular complexity index is 1290. The first-order valence-electron chi connectivity index (χ1n) is 14.9. The zero-order chi connectivity index (χ0) is 30.2. The summed E-state index contributed by atoms with van der Waals surface area (Å²) in [5.41, 5.74) is 0.929. The van der Waals surface area contributed by atoms with E-state index in [1.165, 1.54) is 0 Å². The largest absolute Gasteiger partial charge is 0.484 e. The molecule has 9 nitrogen and oxygen atoms in total. The lowest BCUT2D eigenvalue weighted by Crippen LogP contribution is -2.62. The summed E-state index contributed by atoms with van der Waals surface area (Å²) in [6, 6.07) is 2.52. The molecule has 4 heterocycles. The Hall–Kier alpha value is -2.47. The summed E-state index contributed by atoms with van der Waals surface area (Å²) >= 11 is 3.59. The van der Waals surface area contributed by atoms with Crippen LogP contribution in [0.4, 0.5) is 19.4 Å². The van der Waals surface area contributed by atoms with Crippen molar-refractivity contribution in [1.82, 2.24) is 19.8 Å². The Morgan fingerprint density at radius 3 is 2.48 bits per heavy atom. The quantitative estimate of drug-likeness (QED) is 0.348. The van der Waals surface area contributed by atoms with E-state index < -0.39 is 18.6 Å². The monoisotopic (exact) mass is 653 g/mol. The van der Waals surface area contributed by atoms with Crippen molar-refractivity contribution in [2.75, 3.05) is 57.9 Å². The molecule has 3 aliphatic rings. The molecule has 0 bridgehead atoms. The van der Waals surface area contributed by atoms with Crippen LogP contribution in [0, 0.1) is 5.41 Å². The van der Waals surface area contributed by atoms with Gasteiger partial charge >= 0.3 is 12.1 Å². The van der Waals surface area contributed by atoms with Crippen LogP contribution in [0.3, 0.4) is 0 Å². The van der Waals surface area contributed by atoms with Gasteiger partial charge in [-0.3, -0.25) is 0 Å². The molecule has 0 aliphatic carbocycles.